The van der Waals surface area contributed by atoms with Crippen molar-refractivity contribution in [1.29, 1.82) is 0 Å². The van der Waals surface area contributed by atoms with E-state index in [-0.39, 0.29) is 5.91 Å². The fourth-order valence-electron chi connectivity index (χ4n) is 1.87. The average molecular weight is 184 g/mol. The van der Waals surface area contributed by atoms with Gasteiger partial charge in [0.2, 0.25) is 5.91 Å². The lowest BCUT2D eigenvalue weighted by Crippen LogP contribution is -2.28. The Labute approximate surface area is 80.1 Å². The van der Waals surface area contributed by atoms with Crippen molar-refractivity contribution in [2.75, 3.05) is 6.54 Å². The monoisotopic (exact) mass is 184 g/mol. The fourth-order valence-corrected chi connectivity index (χ4v) is 1.87. The number of nitrogens with two attached hydrogens (primary N) is 1. The molecule has 0 aliphatic heterocycles. The van der Waals surface area contributed by atoms with Gasteiger partial charge in [0.15, 0.2) is 0 Å². The van der Waals surface area contributed by atoms with Crippen LogP contribution in [0.5, 0.6) is 0 Å². The lowest BCUT2D eigenvalue weighted by molar-refractivity contribution is -0.121. The first kappa shape index (κ1) is 10.5. The molecule has 0 spiro atoms. The first-order chi connectivity index (χ1) is 6.22. The van der Waals surface area contributed by atoms with Gasteiger partial charge in [0.25, 0.3) is 0 Å². The summed E-state index contributed by atoms with van der Waals surface area (Å²) in [5.41, 5.74) is 5.78. The third kappa shape index (κ3) is 3.77. The molecule has 0 heterocycles. The summed E-state index contributed by atoms with van der Waals surface area (Å²) in [7, 11) is 0. The highest BCUT2D eigenvalue weighted by Gasteiger charge is 2.21. The van der Waals surface area contributed by atoms with Crippen LogP contribution in [-0.4, -0.2) is 18.5 Å². The SMILES string of the molecule is CCCC(=O)NC[C@@H]1CC[C@H](N)C1. The van der Waals surface area contributed by atoms with Crippen molar-refractivity contribution in [2.24, 2.45) is 11.7 Å². The number of amides is 1. The molecule has 1 rings (SSSR count). The fraction of sp³-hybridized carbons (Fsp3) is 0.900. The molecule has 3 nitrogen and oxygen atoms in total. The summed E-state index contributed by atoms with van der Waals surface area (Å²) in [4.78, 5) is 11.1. The maximum Gasteiger partial charge on any atom is 0.219 e. The van der Waals surface area contributed by atoms with E-state index in [4.69, 9.17) is 5.73 Å². The third-order valence-electron chi connectivity index (χ3n) is 2.65. The van der Waals surface area contributed by atoms with E-state index in [9.17, 15) is 4.79 Å². The van der Waals surface area contributed by atoms with E-state index >= 15 is 0 Å². The molecule has 2 atom stereocenters. The molecule has 0 aromatic carbocycles. The minimum Gasteiger partial charge on any atom is -0.356 e. The Morgan fingerprint density at radius 3 is 2.85 bits per heavy atom. The van der Waals surface area contributed by atoms with E-state index in [1.165, 1.54) is 6.42 Å². The van der Waals surface area contributed by atoms with Crippen LogP contribution in [0.25, 0.3) is 0 Å². The Kier molecular flexibility index (Phi) is 4.22. The Hall–Kier alpha value is -0.570. The van der Waals surface area contributed by atoms with Crippen molar-refractivity contribution in [2.45, 2.75) is 45.1 Å². The minimum absolute atomic E-state index is 0.183. The molecule has 1 saturated carbocycles. The van der Waals surface area contributed by atoms with Crippen molar-refractivity contribution >= 4 is 5.91 Å². The van der Waals surface area contributed by atoms with E-state index < -0.39 is 0 Å². The topological polar surface area (TPSA) is 55.1 Å². The molecule has 0 bridgehead atoms. The Morgan fingerprint density at radius 2 is 2.31 bits per heavy atom. The van der Waals surface area contributed by atoms with Crippen LogP contribution in [0.2, 0.25) is 0 Å². The van der Waals surface area contributed by atoms with Gasteiger partial charge in [-0.25, -0.2) is 0 Å². The zero-order valence-corrected chi connectivity index (χ0v) is 8.38. The average Bonchev–Trinajstić information content (AvgIpc) is 2.49. The Balaban J connectivity index is 2.09. The Bertz CT molecular complexity index is 170. The predicted octanol–water partition coefficient (Wildman–Crippen LogP) is 1.03. The number of rotatable bonds is 4. The van der Waals surface area contributed by atoms with E-state index in [0.29, 0.717) is 18.4 Å². The number of hydrogen-bond acceptors (Lipinski definition) is 2. The van der Waals surface area contributed by atoms with Crippen LogP contribution in [0.4, 0.5) is 0 Å². The first-order valence-electron chi connectivity index (χ1n) is 5.24. The summed E-state index contributed by atoms with van der Waals surface area (Å²) in [6, 6.07) is 0.369. The molecule has 0 aromatic heterocycles. The molecule has 0 radical (unpaired) electrons. The largest absolute Gasteiger partial charge is 0.356 e. The highest BCUT2D eigenvalue weighted by molar-refractivity contribution is 5.75. The second-order valence-corrected chi connectivity index (χ2v) is 3.99. The molecule has 13 heavy (non-hydrogen) atoms. The smallest absolute Gasteiger partial charge is 0.219 e. The van der Waals surface area contributed by atoms with Gasteiger partial charge in [0.1, 0.15) is 0 Å². The lowest BCUT2D eigenvalue weighted by atomic mass is 10.1. The summed E-state index contributed by atoms with van der Waals surface area (Å²) < 4.78 is 0. The van der Waals surface area contributed by atoms with Crippen molar-refractivity contribution < 1.29 is 4.79 Å². The number of carbonyl (C=O) groups excluding carboxylic acids is 1. The summed E-state index contributed by atoms with van der Waals surface area (Å²) in [5, 5.41) is 2.95. The maximum atomic E-state index is 11.1. The predicted molar refractivity (Wildman–Crippen MR) is 53.2 cm³/mol. The van der Waals surface area contributed by atoms with Crippen LogP contribution in [0.15, 0.2) is 0 Å². The van der Waals surface area contributed by atoms with Gasteiger partial charge < -0.3 is 11.1 Å². The highest BCUT2D eigenvalue weighted by Crippen LogP contribution is 2.22. The van der Waals surface area contributed by atoms with Gasteiger partial charge in [-0.1, -0.05) is 6.92 Å². The minimum atomic E-state index is 0.183. The molecule has 0 saturated heterocycles. The molecule has 76 valence electrons. The van der Waals surface area contributed by atoms with Crippen LogP contribution in [-0.2, 0) is 4.79 Å². The van der Waals surface area contributed by atoms with Gasteiger partial charge >= 0.3 is 0 Å². The first-order valence-corrected chi connectivity index (χ1v) is 5.24. The molecule has 3 N–H and O–H groups in total. The Morgan fingerprint density at radius 1 is 1.54 bits per heavy atom. The van der Waals surface area contributed by atoms with Crippen LogP contribution in [0.3, 0.4) is 0 Å². The molecule has 1 aliphatic rings. The molecule has 1 amide bonds. The second-order valence-electron chi connectivity index (χ2n) is 3.99. The zero-order valence-electron chi connectivity index (χ0n) is 8.38. The summed E-state index contributed by atoms with van der Waals surface area (Å²) in [6.45, 7) is 2.84. The van der Waals surface area contributed by atoms with Crippen molar-refractivity contribution in [3.05, 3.63) is 0 Å². The van der Waals surface area contributed by atoms with Crippen LogP contribution in [0, 0.1) is 5.92 Å². The van der Waals surface area contributed by atoms with Gasteiger partial charge in [-0.15, -0.1) is 0 Å². The van der Waals surface area contributed by atoms with Crippen molar-refractivity contribution in [1.82, 2.24) is 5.32 Å². The van der Waals surface area contributed by atoms with Gasteiger partial charge in [0.05, 0.1) is 0 Å². The van der Waals surface area contributed by atoms with Crippen LogP contribution in [0.1, 0.15) is 39.0 Å². The number of nitrogens with one attached hydrogen (secondary N) is 1. The molecule has 1 fully saturated rings. The standard InChI is InChI=1S/C10H20N2O/c1-2-3-10(13)12-7-8-4-5-9(11)6-8/h8-9H,2-7,11H2,1H3,(H,12,13)/t8-,9+/m1/s1. The normalized spacial score (nSPS) is 27.5. The molecule has 3 heteroatoms. The lowest BCUT2D eigenvalue weighted by Gasteiger charge is -2.10. The molecule has 0 aromatic rings. The molecular formula is C10H20N2O. The van der Waals surface area contributed by atoms with Crippen LogP contribution >= 0.6 is 0 Å². The zero-order chi connectivity index (χ0) is 9.68. The molecular weight excluding hydrogens is 164 g/mol. The quantitative estimate of drug-likeness (QED) is 0.685. The van der Waals surface area contributed by atoms with Gasteiger partial charge in [-0.3, -0.25) is 4.79 Å². The van der Waals surface area contributed by atoms with E-state index in [0.717, 1.165) is 25.8 Å². The van der Waals surface area contributed by atoms with Crippen LogP contribution < -0.4 is 11.1 Å². The molecule has 0 unspecified atom stereocenters. The van der Waals surface area contributed by atoms with Crippen molar-refractivity contribution in [3.63, 3.8) is 0 Å². The summed E-state index contributed by atoms with van der Waals surface area (Å²) in [6.07, 6.45) is 4.95. The molecule has 1 aliphatic carbocycles. The number of hydrogen-bond donors (Lipinski definition) is 2. The van der Waals surface area contributed by atoms with E-state index in [1.54, 1.807) is 0 Å². The van der Waals surface area contributed by atoms with Gasteiger partial charge in [-0.2, -0.15) is 0 Å². The van der Waals surface area contributed by atoms with E-state index in [1.807, 2.05) is 6.92 Å². The van der Waals surface area contributed by atoms with Gasteiger partial charge in [-0.05, 0) is 31.6 Å². The third-order valence-corrected chi connectivity index (χ3v) is 2.65. The van der Waals surface area contributed by atoms with Gasteiger partial charge in [0, 0.05) is 19.0 Å². The number of carbonyl (C=O) groups is 1. The summed E-state index contributed by atoms with van der Waals surface area (Å²) >= 11 is 0. The maximum absolute atomic E-state index is 11.1. The van der Waals surface area contributed by atoms with Crippen molar-refractivity contribution in [3.8, 4) is 0 Å². The highest BCUT2D eigenvalue weighted by atomic mass is 16.1. The summed E-state index contributed by atoms with van der Waals surface area (Å²) in [5.74, 6) is 0.804. The second kappa shape index (κ2) is 5.22. The van der Waals surface area contributed by atoms with E-state index in [2.05, 4.69) is 5.32 Å².